The summed E-state index contributed by atoms with van der Waals surface area (Å²) in [7, 11) is 0. The van der Waals surface area contributed by atoms with Gasteiger partial charge in [-0.3, -0.25) is 0 Å². The van der Waals surface area contributed by atoms with Crippen molar-refractivity contribution in [2.24, 2.45) is 0 Å². The lowest BCUT2D eigenvalue weighted by atomic mass is 10.0. The molecule has 0 saturated carbocycles. The second kappa shape index (κ2) is 5.14. The second-order valence-corrected chi connectivity index (χ2v) is 4.28. The molecule has 0 radical (unpaired) electrons. The van der Waals surface area contributed by atoms with E-state index in [0.29, 0.717) is 18.5 Å². The minimum Gasteiger partial charge on any atom is -0.435 e. The fourth-order valence-electron chi connectivity index (χ4n) is 1.99. The molecule has 17 heavy (non-hydrogen) atoms. The second-order valence-electron chi connectivity index (χ2n) is 3.84. The van der Waals surface area contributed by atoms with E-state index in [2.05, 4.69) is 4.74 Å². The van der Waals surface area contributed by atoms with Crippen LogP contribution in [0.4, 0.5) is 13.2 Å². The first-order valence-electron chi connectivity index (χ1n) is 5.24. The van der Waals surface area contributed by atoms with Crippen LogP contribution in [0.3, 0.4) is 0 Å². The van der Waals surface area contributed by atoms with Crippen LogP contribution in [-0.2, 0) is 0 Å². The fraction of sp³-hybridized carbons (Fsp3) is 0.455. The number of hydrogen-bond donors (Lipinski definition) is 0. The summed E-state index contributed by atoms with van der Waals surface area (Å²) in [5.74, 6) is -0.502. The van der Waals surface area contributed by atoms with E-state index in [-0.39, 0.29) is 11.8 Å². The van der Waals surface area contributed by atoms with Gasteiger partial charge in [0.05, 0.1) is 6.04 Å². The Morgan fingerprint density at radius 1 is 1.41 bits per heavy atom. The SMILES string of the molecule is Fc1ccc(OC(F)F)cc1[C@H]1CCCN1Cl. The third-order valence-corrected chi connectivity index (χ3v) is 3.14. The molecule has 0 N–H and O–H groups in total. The third kappa shape index (κ3) is 2.84. The number of alkyl halides is 2. The van der Waals surface area contributed by atoms with Gasteiger partial charge in [0.2, 0.25) is 0 Å². The van der Waals surface area contributed by atoms with Crippen LogP contribution in [0.1, 0.15) is 24.4 Å². The zero-order valence-electron chi connectivity index (χ0n) is 8.88. The third-order valence-electron chi connectivity index (χ3n) is 2.74. The standard InChI is InChI=1S/C11H11ClF3NO/c12-16-5-1-2-10(16)8-6-7(17-11(14)15)3-4-9(8)13/h3-4,6,10-11H,1-2,5H2/t10-/m1/s1. The molecule has 1 aliphatic rings. The van der Waals surface area contributed by atoms with E-state index < -0.39 is 12.4 Å². The Labute approximate surface area is 102 Å². The van der Waals surface area contributed by atoms with Crippen LogP contribution in [-0.4, -0.2) is 17.6 Å². The van der Waals surface area contributed by atoms with Crippen molar-refractivity contribution in [1.29, 1.82) is 0 Å². The van der Waals surface area contributed by atoms with Gasteiger partial charge in [-0.1, -0.05) is 0 Å². The molecule has 1 saturated heterocycles. The van der Waals surface area contributed by atoms with Gasteiger partial charge in [-0.2, -0.15) is 8.78 Å². The summed E-state index contributed by atoms with van der Waals surface area (Å²) in [5, 5.41) is 0. The highest BCUT2D eigenvalue weighted by atomic mass is 35.5. The quantitative estimate of drug-likeness (QED) is 0.773. The molecule has 1 heterocycles. The molecule has 0 spiro atoms. The number of halogens is 4. The first kappa shape index (κ1) is 12.5. The highest BCUT2D eigenvalue weighted by Crippen LogP contribution is 2.36. The predicted octanol–water partition coefficient (Wildman–Crippen LogP) is 3.72. The first-order chi connectivity index (χ1) is 8.08. The van der Waals surface area contributed by atoms with Crippen LogP contribution >= 0.6 is 11.8 Å². The molecule has 6 heteroatoms. The van der Waals surface area contributed by atoms with E-state index in [4.69, 9.17) is 11.8 Å². The molecule has 2 nitrogen and oxygen atoms in total. The molecule has 0 aliphatic carbocycles. The van der Waals surface area contributed by atoms with Crippen LogP contribution < -0.4 is 4.74 Å². The van der Waals surface area contributed by atoms with Crippen molar-refractivity contribution in [3.63, 3.8) is 0 Å². The molecule has 1 aromatic rings. The minimum atomic E-state index is -2.91. The molecule has 2 rings (SSSR count). The van der Waals surface area contributed by atoms with Crippen LogP contribution in [0.25, 0.3) is 0 Å². The van der Waals surface area contributed by atoms with Crippen molar-refractivity contribution in [2.45, 2.75) is 25.5 Å². The zero-order chi connectivity index (χ0) is 12.4. The Morgan fingerprint density at radius 3 is 2.76 bits per heavy atom. The zero-order valence-corrected chi connectivity index (χ0v) is 9.63. The van der Waals surface area contributed by atoms with E-state index in [1.54, 1.807) is 0 Å². The highest BCUT2D eigenvalue weighted by molar-refractivity contribution is 6.13. The van der Waals surface area contributed by atoms with Crippen LogP contribution in [0.15, 0.2) is 18.2 Å². The maximum Gasteiger partial charge on any atom is 0.387 e. The van der Waals surface area contributed by atoms with Crippen LogP contribution in [0, 0.1) is 5.82 Å². The predicted molar refractivity (Wildman–Crippen MR) is 57.6 cm³/mol. The summed E-state index contributed by atoms with van der Waals surface area (Å²) < 4.78 is 43.4. The van der Waals surface area contributed by atoms with Crippen molar-refractivity contribution >= 4 is 11.8 Å². The normalized spacial score (nSPS) is 21.1. The average Bonchev–Trinajstić information content (AvgIpc) is 2.67. The molecule has 1 aliphatic heterocycles. The largest absolute Gasteiger partial charge is 0.435 e. The van der Waals surface area contributed by atoms with Crippen LogP contribution in [0.5, 0.6) is 5.75 Å². The van der Waals surface area contributed by atoms with Gasteiger partial charge in [0.25, 0.3) is 0 Å². The molecule has 0 amide bonds. The fourth-order valence-corrected chi connectivity index (χ4v) is 2.31. The Bertz CT molecular complexity index is 402. The van der Waals surface area contributed by atoms with Gasteiger partial charge in [-0.15, -0.1) is 0 Å². The number of hydrogen-bond acceptors (Lipinski definition) is 2. The van der Waals surface area contributed by atoms with E-state index >= 15 is 0 Å². The smallest absolute Gasteiger partial charge is 0.387 e. The molecule has 94 valence electrons. The summed E-state index contributed by atoms with van der Waals surface area (Å²) in [5.41, 5.74) is 0.302. The maximum absolute atomic E-state index is 13.6. The number of nitrogens with zero attached hydrogens (tertiary/aromatic N) is 1. The summed E-state index contributed by atoms with van der Waals surface area (Å²) in [6.45, 7) is -2.25. The minimum absolute atomic E-state index is 0.0478. The average molecular weight is 266 g/mol. The maximum atomic E-state index is 13.6. The summed E-state index contributed by atoms with van der Waals surface area (Å²) >= 11 is 5.92. The van der Waals surface area contributed by atoms with E-state index in [1.807, 2.05) is 0 Å². The molecular weight excluding hydrogens is 255 g/mol. The monoisotopic (exact) mass is 265 g/mol. The van der Waals surface area contributed by atoms with Gasteiger partial charge in [0.15, 0.2) is 0 Å². The highest BCUT2D eigenvalue weighted by Gasteiger charge is 2.27. The van der Waals surface area contributed by atoms with Gasteiger partial charge in [0, 0.05) is 12.1 Å². The molecule has 0 aromatic heterocycles. The Hall–Kier alpha value is -0.940. The van der Waals surface area contributed by atoms with E-state index in [9.17, 15) is 13.2 Å². The lowest BCUT2D eigenvalue weighted by Crippen LogP contribution is -2.13. The van der Waals surface area contributed by atoms with Crippen molar-refractivity contribution in [3.05, 3.63) is 29.6 Å². The van der Waals surface area contributed by atoms with E-state index in [0.717, 1.165) is 12.5 Å². The van der Waals surface area contributed by atoms with Gasteiger partial charge in [-0.05, 0) is 42.8 Å². The molecule has 1 fully saturated rings. The van der Waals surface area contributed by atoms with Gasteiger partial charge >= 0.3 is 6.61 Å². The van der Waals surface area contributed by atoms with Crippen LogP contribution in [0.2, 0.25) is 0 Å². The molecular formula is C11H11ClF3NO. The summed E-state index contributed by atoms with van der Waals surface area (Å²) in [6, 6.07) is 3.31. The number of benzene rings is 1. The van der Waals surface area contributed by atoms with Crippen molar-refractivity contribution in [3.8, 4) is 5.75 Å². The molecule has 1 aromatic carbocycles. The van der Waals surface area contributed by atoms with Crippen molar-refractivity contribution in [1.82, 2.24) is 4.42 Å². The Kier molecular flexibility index (Phi) is 3.79. The lowest BCUT2D eigenvalue weighted by Gasteiger charge is -2.18. The molecule has 1 atom stereocenters. The Morgan fingerprint density at radius 2 is 2.18 bits per heavy atom. The number of ether oxygens (including phenoxy) is 1. The van der Waals surface area contributed by atoms with Gasteiger partial charge in [-0.25, -0.2) is 8.81 Å². The van der Waals surface area contributed by atoms with Crippen molar-refractivity contribution < 1.29 is 17.9 Å². The topological polar surface area (TPSA) is 12.5 Å². The molecule has 0 bridgehead atoms. The van der Waals surface area contributed by atoms with E-state index in [1.165, 1.54) is 16.6 Å². The lowest BCUT2D eigenvalue weighted by molar-refractivity contribution is -0.0499. The van der Waals surface area contributed by atoms with Gasteiger partial charge < -0.3 is 4.74 Å². The van der Waals surface area contributed by atoms with Gasteiger partial charge in [0.1, 0.15) is 11.6 Å². The Balaban J connectivity index is 2.25. The summed E-state index contributed by atoms with van der Waals surface area (Å²) in [6.07, 6.45) is 1.56. The molecule has 0 unspecified atom stereocenters. The summed E-state index contributed by atoms with van der Waals surface area (Å²) in [4.78, 5) is 0. The number of rotatable bonds is 3. The first-order valence-corrected chi connectivity index (χ1v) is 5.58. The van der Waals surface area contributed by atoms with Crippen molar-refractivity contribution in [2.75, 3.05) is 6.54 Å².